The average molecular weight is 164 g/mol. The fourth-order valence-corrected chi connectivity index (χ4v) is 0.912. The van der Waals surface area contributed by atoms with E-state index in [1.807, 2.05) is 0 Å². The van der Waals surface area contributed by atoms with Gasteiger partial charge in [0.05, 0.1) is 0 Å². The third-order valence-corrected chi connectivity index (χ3v) is 1.79. The van der Waals surface area contributed by atoms with Crippen molar-refractivity contribution >= 4 is 23.5 Å². The van der Waals surface area contributed by atoms with Crippen molar-refractivity contribution in [3.05, 3.63) is 0 Å². The monoisotopic (exact) mass is 163 g/mol. The molecule has 1 amide bonds. The lowest BCUT2D eigenvalue weighted by atomic mass is 10.2. The van der Waals surface area contributed by atoms with Gasteiger partial charge in [-0.15, -0.1) is 0 Å². The number of halogens is 1. The van der Waals surface area contributed by atoms with E-state index in [1.54, 1.807) is 0 Å². The van der Waals surface area contributed by atoms with Crippen molar-refractivity contribution < 1.29 is 14.7 Å². The van der Waals surface area contributed by atoms with Crippen LogP contribution in [0, 0.1) is 0 Å². The molecule has 0 spiro atoms. The molecule has 0 bridgehead atoms. The largest absolute Gasteiger partial charge is 0.479 e. The molecule has 1 N–H and O–H groups in total. The van der Waals surface area contributed by atoms with Crippen LogP contribution in [0.25, 0.3) is 0 Å². The summed E-state index contributed by atoms with van der Waals surface area (Å²) in [5.74, 6) is -1.36. The number of amides is 1. The van der Waals surface area contributed by atoms with E-state index in [0.29, 0.717) is 13.0 Å². The molecule has 1 saturated heterocycles. The molecule has 1 aliphatic heterocycles. The van der Waals surface area contributed by atoms with Crippen molar-refractivity contribution in [3.63, 3.8) is 0 Å². The summed E-state index contributed by atoms with van der Waals surface area (Å²) in [5.41, 5.74) is -1.18. The van der Waals surface area contributed by atoms with Crippen molar-refractivity contribution in [2.45, 2.75) is 11.9 Å². The zero-order valence-electron chi connectivity index (χ0n) is 5.08. The van der Waals surface area contributed by atoms with Crippen LogP contribution in [0.2, 0.25) is 0 Å². The molecule has 0 radical (unpaired) electrons. The Morgan fingerprint density at radius 3 is 2.50 bits per heavy atom. The molecule has 10 heavy (non-hydrogen) atoms. The van der Waals surface area contributed by atoms with E-state index >= 15 is 0 Å². The summed E-state index contributed by atoms with van der Waals surface area (Å²) in [7, 11) is 0. The van der Waals surface area contributed by atoms with Crippen LogP contribution >= 0.6 is 11.6 Å². The van der Waals surface area contributed by atoms with Crippen molar-refractivity contribution in [1.82, 2.24) is 4.90 Å². The summed E-state index contributed by atoms with van der Waals surface area (Å²) in [6.07, 6.45) is 0.413. The Hall–Kier alpha value is -0.770. The van der Waals surface area contributed by atoms with E-state index in [9.17, 15) is 9.59 Å². The minimum Gasteiger partial charge on any atom is -0.479 e. The summed E-state index contributed by atoms with van der Waals surface area (Å²) >= 11 is 5.32. The molecule has 4 nitrogen and oxygen atoms in total. The summed E-state index contributed by atoms with van der Waals surface area (Å²) in [4.78, 5) is 21.8. The lowest BCUT2D eigenvalue weighted by Crippen LogP contribution is -2.50. The molecule has 1 fully saturated rings. The van der Waals surface area contributed by atoms with Crippen molar-refractivity contribution in [1.29, 1.82) is 0 Å². The number of rotatable bonds is 2. The van der Waals surface area contributed by atoms with Gasteiger partial charge in [0, 0.05) is 13.0 Å². The zero-order valence-corrected chi connectivity index (χ0v) is 5.84. The van der Waals surface area contributed by atoms with E-state index in [-0.39, 0.29) is 5.91 Å². The van der Waals surface area contributed by atoms with Crippen molar-refractivity contribution in [2.24, 2.45) is 0 Å². The summed E-state index contributed by atoms with van der Waals surface area (Å²) in [6, 6.07) is 0. The first-order valence-corrected chi connectivity index (χ1v) is 3.23. The molecule has 1 atom stereocenters. The Balaban J connectivity index is 2.49. The Kier molecular flexibility index (Phi) is 1.80. The molecule has 0 saturated carbocycles. The summed E-state index contributed by atoms with van der Waals surface area (Å²) < 4.78 is 0. The number of nitrogens with zero attached hydrogens (tertiary/aromatic N) is 1. The number of alkyl halides is 1. The average Bonchev–Trinajstić information content (AvgIpc) is 1.84. The molecule has 56 valence electrons. The molecule has 1 aliphatic rings. The first-order valence-electron chi connectivity index (χ1n) is 2.79. The third kappa shape index (κ3) is 1.07. The van der Waals surface area contributed by atoms with Gasteiger partial charge in [-0.1, -0.05) is 11.6 Å². The maximum atomic E-state index is 10.6. The Morgan fingerprint density at radius 2 is 2.40 bits per heavy atom. The molecule has 1 rings (SSSR count). The highest BCUT2D eigenvalue weighted by Gasteiger charge is 2.33. The van der Waals surface area contributed by atoms with E-state index in [2.05, 4.69) is 0 Å². The number of hydrogen-bond acceptors (Lipinski definition) is 2. The Labute approximate surface area is 62.4 Å². The number of carboxylic acids is 1. The highest BCUT2D eigenvalue weighted by molar-refractivity contribution is 6.30. The van der Waals surface area contributed by atoms with Gasteiger partial charge in [-0.3, -0.25) is 4.79 Å². The van der Waals surface area contributed by atoms with Crippen LogP contribution < -0.4 is 0 Å². The number of aliphatic carboxylic acids is 1. The third-order valence-electron chi connectivity index (χ3n) is 1.36. The number of carboxylic acid groups (broad SMARTS) is 1. The second-order valence-corrected chi connectivity index (χ2v) is 2.42. The topological polar surface area (TPSA) is 57.6 Å². The van der Waals surface area contributed by atoms with Crippen LogP contribution in [-0.2, 0) is 9.59 Å². The van der Waals surface area contributed by atoms with Gasteiger partial charge in [0.1, 0.15) is 0 Å². The van der Waals surface area contributed by atoms with Crippen LogP contribution in [0.1, 0.15) is 6.42 Å². The number of likely N-dealkylation sites (tertiary alicyclic amines) is 1. The highest BCUT2D eigenvalue weighted by Crippen LogP contribution is 2.15. The second-order valence-electron chi connectivity index (χ2n) is 2.01. The number of hydrogen-bond donors (Lipinski definition) is 1. The molecule has 5 heteroatoms. The smallest absolute Gasteiger partial charge is 0.342 e. The van der Waals surface area contributed by atoms with Gasteiger partial charge < -0.3 is 10.0 Å². The molecule has 0 aromatic rings. The van der Waals surface area contributed by atoms with Crippen LogP contribution in [-0.4, -0.2) is 33.9 Å². The lowest BCUT2D eigenvalue weighted by Gasteiger charge is -2.32. The molecular formula is C5H6ClNO3. The maximum Gasteiger partial charge on any atom is 0.342 e. The number of β-lactam (4-membered cyclic amide) rings is 1. The molecule has 0 aromatic carbocycles. The van der Waals surface area contributed by atoms with Gasteiger partial charge in [-0.05, 0) is 0 Å². The van der Waals surface area contributed by atoms with Gasteiger partial charge >= 0.3 is 5.97 Å². The fraction of sp³-hybridized carbons (Fsp3) is 0.600. The SMILES string of the molecule is O=C(O)C(Cl)N1CCC1=O. The Morgan fingerprint density at radius 1 is 1.80 bits per heavy atom. The minimum atomic E-state index is -1.18. The van der Waals surface area contributed by atoms with Crippen LogP contribution in [0.15, 0.2) is 0 Å². The van der Waals surface area contributed by atoms with Crippen LogP contribution in [0.5, 0.6) is 0 Å². The zero-order chi connectivity index (χ0) is 7.72. The van der Waals surface area contributed by atoms with Crippen molar-refractivity contribution in [2.75, 3.05) is 6.54 Å². The minimum absolute atomic E-state index is 0.192. The van der Waals surface area contributed by atoms with Crippen molar-refractivity contribution in [3.8, 4) is 0 Å². The summed E-state index contributed by atoms with van der Waals surface area (Å²) in [6.45, 7) is 0.458. The molecule has 0 aromatic heterocycles. The highest BCUT2D eigenvalue weighted by atomic mass is 35.5. The van der Waals surface area contributed by atoms with Gasteiger partial charge in [0.2, 0.25) is 11.4 Å². The quantitative estimate of drug-likeness (QED) is 0.351. The van der Waals surface area contributed by atoms with Gasteiger partial charge in [0.25, 0.3) is 0 Å². The molecular weight excluding hydrogens is 158 g/mol. The predicted molar refractivity (Wildman–Crippen MR) is 33.6 cm³/mol. The van der Waals surface area contributed by atoms with E-state index in [4.69, 9.17) is 16.7 Å². The normalized spacial score (nSPS) is 20.1. The van der Waals surface area contributed by atoms with Gasteiger partial charge in [0.15, 0.2) is 0 Å². The molecule has 1 heterocycles. The number of carbonyl (C=O) groups is 2. The second kappa shape index (κ2) is 2.46. The van der Waals surface area contributed by atoms with E-state index < -0.39 is 11.5 Å². The lowest BCUT2D eigenvalue weighted by molar-refractivity contribution is -0.152. The Bertz CT molecular complexity index is 174. The summed E-state index contributed by atoms with van der Waals surface area (Å²) in [5, 5.41) is 8.31. The number of carbonyl (C=O) groups excluding carboxylic acids is 1. The van der Waals surface area contributed by atoms with Gasteiger partial charge in [-0.2, -0.15) is 0 Å². The molecule has 0 aliphatic carbocycles. The maximum absolute atomic E-state index is 10.6. The van der Waals surface area contributed by atoms with Crippen LogP contribution in [0.3, 0.4) is 0 Å². The van der Waals surface area contributed by atoms with Gasteiger partial charge in [-0.25, -0.2) is 4.79 Å². The van der Waals surface area contributed by atoms with E-state index in [1.165, 1.54) is 0 Å². The predicted octanol–water partition coefficient (Wildman–Crippen LogP) is -0.132. The van der Waals surface area contributed by atoms with Crippen LogP contribution in [0.4, 0.5) is 0 Å². The first kappa shape index (κ1) is 7.34. The fourth-order valence-electron chi connectivity index (χ4n) is 0.705. The van der Waals surface area contributed by atoms with E-state index in [0.717, 1.165) is 4.90 Å². The standard InChI is InChI=1S/C5H6ClNO3/c6-4(5(9)10)7-2-1-3(7)8/h4H,1-2H2,(H,9,10). The first-order chi connectivity index (χ1) is 4.63. The molecule has 1 unspecified atom stereocenters.